The van der Waals surface area contributed by atoms with Crippen LogP contribution in [0.2, 0.25) is 0 Å². The zero-order chi connectivity index (χ0) is 13.1. The molecular formula is C17H26N2. The summed E-state index contributed by atoms with van der Waals surface area (Å²) in [5.41, 5.74) is 1.47. The van der Waals surface area contributed by atoms with Crippen molar-refractivity contribution < 1.29 is 0 Å². The van der Waals surface area contributed by atoms with Gasteiger partial charge in [-0.15, -0.1) is 0 Å². The van der Waals surface area contributed by atoms with E-state index in [4.69, 9.17) is 0 Å². The van der Waals surface area contributed by atoms with Gasteiger partial charge in [0.1, 0.15) is 0 Å². The van der Waals surface area contributed by atoms with E-state index in [1.165, 1.54) is 50.9 Å². The average Bonchev–Trinajstić information content (AvgIpc) is 3.26. The third kappa shape index (κ3) is 3.58. The van der Waals surface area contributed by atoms with Gasteiger partial charge in [-0.3, -0.25) is 4.90 Å². The van der Waals surface area contributed by atoms with Crippen LogP contribution in [0.3, 0.4) is 0 Å². The summed E-state index contributed by atoms with van der Waals surface area (Å²) >= 11 is 0. The summed E-state index contributed by atoms with van der Waals surface area (Å²) in [6.07, 6.45) is 5.36. The van der Waals surface area contributed by atoms with Gasteiger partial charge in [-0.1, -0.05) is 30.3 Å². The highest BCUT2D eigenvalue weighted by atomic mass is 15.2. The molecule has 1 saturated carbocycles. The van der Waals surface area contributed by atoms with Gasteiger partial charge >= 0.3 is 0 Å². The van der Waals surface area contributed by atoms with Crippen molar-refractivity contribution in [3.8, 4) is 0 Å². The Morgan fingerprint density at radius 2 is 2.05 bits per heavy atom. The second kappa shape index (κ2) is 6.06. The van der Waals surface area contributed by atoms with Crippen LogP contribution in [0, 0.1) is 5.92 Å². The lowest BCUT2D eigenvalue weighted by molar-refractivity contribution is 0.198. The maximum atomic E-state index is 3.75. The fraction of sp³-hybridized carbons (Fsp3) is 0.647. The first kappa shape index (κ1) is 13.1. The maximum Gasteiger partial charge on any atom is 0.0223 e. The quantitative estimate of drug-likeness (QED) is 0.893. The zero-order valence-electron chi connectivity index (χ0n) is 12.0. The normalized spacial score (nSPS) is 26.9. The van der Waals surface area contributed by atoms with Gasteiger partial charge < -0.3 is 5.32 Å². The van der Waals surface area contributed by atoms with Gasteiger partial charge in [-0.05, 0) is 57.2 Å². The SMILES string of the molecule is CC(Cc1ccccc1)N1CCCNC(C2CC2)C1. The molecule has 0 bridgehead atoms. The highest BCUT2D eigenvalue weighted by Crippen LogP contribution is 2.33. The van der Waals surface area contributed by atoms with E-state index in [9.17, 15) is 0 Å². The van der Waals surface area contributed by atoms with Gasteiger partial charge in [0.15, 0.2) is 0 Å². The predicted octanol–water partition coefficient (Wildman–Crippen LogP) is 2.69. The third-order valence-electron chi connectivity index (χ3n) is 4.65. The maximum absolute atomic E-state index is 3.75. The second-order valence-electron chi connectivity index (χ2n) is 6.29. The van der Waals surface area contributed by atoms with Crippen LogP contribution in [0.5, 0.6) is 0 Å². The summed E-state index contributed by atoms with van der Waals surface area (Å²) in [6, 6.07) is 12.3. The Morgan fingerprint density at radius 1 is 1.26 bits per heavy atom. The monoisotopic (exact) mass is 258 g/mol. The Kier molecular flexibility index (Phi) is 4.19. The molecule has 1 aromatic rings. The van der Waals surface area contributed by atoms with Crippen molar-refractivity contribution in [2.45, 2.75) is 44.7 Å². The molecule has 1 saturated heterocycles. The number of benzene rings is 1. The molecule has 2 fully saturated rings. The highest BCUT2D eigenvalue weighted by molar-refractivity contribution is 5.15. The molecular weight excluding hydrogens is 232 g/mol. The van der Waals surface area contributed by atoms with Crippen LogP contribution in [0.15, 0.2) is 30.3 Å². The molecule has 2 unspecified atom stereocenters. The minimum atomic E-state index is 0.656. The zero-order valence-corrected chi connectivity index (χ0v) is 12.0. The summed E-state index contributed by atoms with van der Waals surface area (Å²) in [5, 5.41) is 3.75. The van der Waals surface area contributed by atoms with Crippen LogP contribution in [0.1, 0.15) is 31.7 Å². The molecule has 0 amide bonds. The summed E-state index contributed by atoms with van der Waals surface area (Å²) < 4.78 is 0. The average molecular weight is 258 g/mol. The molecule has 2 aliphatic rings. The number of nitrogens with one attached hydrogen (secondary N) is 1. The lowest BCUT2D eigenvalue weighted by atomic mass is 10.0. The van der Waals surface area contributed by atoms with Crippen molar-refractivity contribution >= 4 is 0 Å². The molecule has 2 atom stereocenters. The summed E-state index contributed by atoms with van der Waals surface area (Å²) in [7, 11) is 0. The number of hydrogen-bond donors (Lipinski definition) is 1. The van der Waals surface area contributed by atoms with E-state index >= 15 is 0 Å². The minimum Gasteiger partial charge on any atom is -0.312 e. The lowest BCUT2D eigenvalue weighted by Gasteiger charge is -2.30. The largest absolute Gasteiger partial charge is 0.312 e. The van der Waals surface area contributed by atoms with Crippen LogP contribution in [-0.4, -0.2) is 36.6 Å². The van der Waals surface area contributed by atoms with Crippen molar-refractivity contribution in [1.82, 2.24) is 10.2 Å². The van der Waals surface area contributed by atoms with Crippen LogP contribution in [-0.2, 0) is 6.42 Å². The summed E-state index contributed by atoms with van der Waals surface area (Å²) in [4.78, 5) is 2.70. The fourth-order valence-corrected chi connectivity index (χ4v) is 3.28. The smallest absolute Gasteiger partial charge is 0.0223 e. The summed E-state index contributed by atoms with van der Waals surface area (Å²) in [5.74, 6) is 0.963. The molecule has 2 heteroatoms. The molecule has 1 N–H and O–H groups in total. The van der Waals surface area contributed by atoms with Gasteiger partial charge in [-0.2, -0.15) is 0 Å². The van der Waals surface area contributed by atoms with Gasteiger partial charge in [0.25, 0.3) is 0 Å². The lowest BCUT2D eigenvalue weighted by Crippen LogP contribution is -2.43. The van der Waals surface area contributed by atoms with Crippen LogP contribution >= 0.6 is 0 Å². The topological polar surface area (TPSA) is 15.3 Å². The van der Waals surface area contributed by atoms with E-state index in [0.717, 1.165) is 12.0 Å². The Labute approximate surface area is 117 Å². The van der Waals surface area contributed by atoms with E-state index in [0.29, 0.717) is 6.04 Å². The summed E-state index contributed by atoms with van der Waals surface area (Å²) in [6.45, 7) is 6.10. The van der Waals surface area contributed by atoms with E-state index < -0.39 is 0 Å². The van der Waals surface area contributed by atoms with E-state index in [2.05, 4.69) is 47.5 Å². The van der Waals surface area contributed by atoms with Crippen molar-refractivity contribution in [1.29, 1.82) is 0 Å². The van der Waals surface area contributed by atoms with Crippen molar-refractivity contribution in [3.63, 3.8) is 0 Å². The molecule has 19 heavy (non-hydrogen) atoms. The molecule has 0 radical (unpaired) electrons. The first-order chi connectivity index (χ1) is 9.33. The fourth-order valence-electron chi connectivity index (χ4n) is 3.28. The van der Waals surface area contributed by atoms with Gasteiger partial charge in [0.05, 0.1) is 0 Å². The molecule has 3 rings (SSSR count). The first-order valence-electron chi connectivity index (χ1n) is 7.84. The molecule has 1 aliphatic heterocycles. The molecule has 1 heterocycles. The van der Waals surface area contributed by atoms with Gasteiger partial charge in [0, 0.05) is 18.6 Å². The van der Waals surface area contributed by atoms with E-state index in [1.54, 1.807) is 0 Å². The number of rotatable bonds is 4. The Bertz CT molecular complexity index is 386. The molecule has 0 spiro atoms. The highest BCUT2D eigenvalue weighted by Gasteiger charge is 2.33. The Hall–Kier alpha value is -0.860. The molecule has 104 valence electrons. The van der Waals surface area contributed by atoms with E-state index in [1.807, 2.05) is 0 Å². The second-order valence-corrected chi connectivity index (χ2v) is 6.29. The molecule has 1 aliphatic carbocycles. The molecule has 1 aromatic carbocycles. The number of hydrogen-bond acceptors (Lipinski definition) is 2. The van der Waals surface area contributed by atoms with E-state index in [-0.39, 0.29) is 0 Å². The van der Waals surface area contributed by atoms with Crippen LogP contribution in [0.4, 0.5) is 0 Å². The van der Waals surface area contributed by atoms with Gasteiger partial charge in [-0.25, -0.2) is 0 Å². The number of nitrogens with zero attached hydrogens (tertiary/aromatic N) is 1. The van der Waals surface area contributed by atoms with Crippen molar-refractivity contribution in [2.24, 2.45) is 5.92 Å². The molecule has 0 aromatic heterocycles. The third-order valence-corrected chi connectivity index (χ3v) is 4.65. The van der Waals surface area contributed by atoms with Crippen molar-refractivity contribution in [2.75, 3.05) is 19.6 Å². The standard InChI is InChI=1S/C17H26N2/c1-14(12-15-6-3-2-4-7-15)19-11-5-10-18-17(13-19)16-8-9-16/h2-4,6-7,14,16-18H,5,8-13H2,1H3. The van der Waals surface area contributed by atoms with Crippen molar-refractivity contribution in [3.05, 3.63) is 35.9 Å². The minimum absolute atomic E-state index is 0.656. The molecule has 2 nitrogen and oxygen atoms in total. The van der Waals surface area contributed by atoms with Gasteiger partial charge in [0.2, 0.25) is 0 Å². The first-order valence-corrected chi connectivity index (χ1v) is 7.84. The Morgan fingerprint density at radius 3 is 2.79 bits per heavy atom. The predicted molar refractivity (Wildman–Crippen MR) is 80.3 cm³/mol. The Balaban J connectivity index is 1.59. The van der Waals surface area contributed by atoms with Crippen LogP contribution in [0.25, 0.3) is 0 Å². The van der Waals surface area contributed by atoms with Crippen LogP contribution < -0.4 is 5.32 Å².